The SMILES string of the molecule is C[C@@H]1O[C@H]1C(=O)N1CCC(OCC2CCCCO2)CC1. The van der Waals surface area contributed by atoms with E-state index in [-0.39, 0.29) is 30.3 Å². The van der Waals surface area contributed by atoms with Crippen molar-refractivity contribution < 1.29 is 19.0 Å². The van der Waals surface area contributed by atoms with Crippen LogP contribution in [-0.2, 0) is 19.0 Å². The fourth-order valence-corrected chi connectivity index (χ4v) is 3.05. The first-order chi connectivity index (χ1) is 9.74. The Labute approximate surface area is 120 Å². The minimum Gasteiger partial charge on any atom is -0.376 e. The van der Waals surface area contributed by atoms with Crippen LogP contribution in [0, 0.1) is 0 Å². The number of hydrogen-bond donors (Lipinski definition) is 0. The van der Waals surface area contributed by atoms with E-state index in [0.717, 1.165) is 39.0 Å². The summed E-state index contributed by atoms with van der Waals surface area (Å²) in [5, 5.41) is 0. The molecule has 3 fully saturated rings. The number of rotatable bonds is 4. The lowest BCUT2D eigenvalue weighted by molar-refractivity contribution is -0.136. The average molecular weight is 283 g/mol. The van der Waals surface area contributed by atoms with Gasteiger partial charge in [0.25, 0.3) is 5.91 Å². The number of carbonyl (C=O) groups excluding carboxylic acids is 1. The average Bonchev–Trinajstić information content (AvgIpc) is 3.23. The third-order valence-electron chi connectivity index (χ3n) is 4.50. The second kappa shape index (κ2) is 6.41. The Morgan fingerprint density at radius 2 is 2.00 bits per heavy atom. The van der Waals surface area contributed by atoms with Crippen LogP contribution in [0.3, 0.4) is 0 Å². The maximum absolute atomic E-state index is 12.0. The zero-order valence-corrected chi connectivity index (χ0v) is 12.3. The van der Waals surface area contributed by atoms with E-state index in [0.29, 0.717) is 6.61 Å². The highest BCUT2D eigenvalue weighted by molar-refractivity contribution is 5.83. The molecule has 3 heterocycles. The Morgan fingerprint density at radius 1 is 1.25 bits per heavy atom. The minimum absolute atomic E-state index is 0.111. The Bertz CT molecular complexity index is 335. The zero-order valence-electron chi connectivity index (χ0n) is 12.3. The first-order valence-corrected chi connectivity index (χ1v) is 7.91. The van der Waals surface area contributed by atoms with Crippen LogP contribution in [0.5, 0.6) is 0 Å². The summed E-state index contributed by atoms with van der Waals surface area (Å²) in [6.07, 6.45) is 5.90. The molecule has 5 heteroatoms. The molecule has 3 rings (SSSR count). The summed E-state index contributed by atoms with van der Waals surface area (Å²) in [6, 6.07) is 0. The first kappa shape index (κ1) is 14.3. The summed E-state index contributed by atoms with van der Waals surface area (Å²) < 4.78 is 16.9. The zero-order chi connectivity index (χ0) is 13.9. The van der Waals surface area contributed by atoms with Crippen LogP contribution in [0.2, 0.25) is 0 Å². The van der Waals surface area contributed by atoms with Gasteiger partial charge in [-0.05, 0) is 39.0 Å². The van der Waals surface area contributed by atoms with Crippen molar-refractivity contribution in [2.45, 2.75) is 63.4 Å². The number of carbonyl (C=O) groups is 1. The van der Waals surface area contributed by atoms with Crippen molar-refractivity contribution in [1.29, 1.82) is 0 Å². The van der Waals surface area contributed by atoms with Crippen molar-refractivity contribution in [3.05, 3.63) is 0 Å². The van der Waals surface area contributed by atoms with E-state index in [2.05, 4.69) is 0 Å². The molecule has 3 saturated heterocycles. The van der Waals surface area contributed by atoms with Gasteiger partial charge in [-0.3, -0.25) is 4.79 Å². The minimum atomic E-state index is -0.178. The predicted molar refractivity (Wildman–Crippen MR) is 73.5 cm³/mol. The predicted octanol–water partition coefficient (Wildman–Crippen LogP) is 1.35. The van der Waals surface area contributed by atoms with E-state index in [4.69, 9.17) is 14.2 Å². The smallest absolute Gasteiger partial charge is 0.254 e. The summed E-state index contributed by atoms with van der Waals surface area (Å²) >= 11 is 0. The number of nitrogens with zero attached hydrogens (tertiary/aromatic N) is 1. The number of amides is 1. The molecule has 3 aliphatic rings. The van der Waals surface area contributed by atoms with Crippen LogP contribution in [0.25, 0.3) is 0 Å². The molecule has 0 aliphatic carbocycles. The van der Waals surface area contributed by atoms with Gasteiger partial charge in [0, 0.05) is 19.7 Å². The maximum atomic E-state index is 12.0. The van der Waals surface area contributed by atoms with Crippen LogP contribution >= 0.6 is 0 Å². The highest BCUT2D eigenvalue weighted by Crippen LogP contribution is 2.25. The largest absolute Gasteiger partial charge is 0.376 e. The van der Waals surface area contributed by atoms with Crippen molar-refractivity contribution in [3.8, 4) is 0 Å². The monoisotopic (exact) mass is 283 g/mol. The van der Waals surface area contributed by atoms with Gasteiger partial charge in [0.2, 0.25) is 0 Å². The molecular formula is C15H25NO4. The van der Waals surface area contributed by atoms with Gasteiger partial charge < -0.3 is 19.1 Å². The van der Waals surface area contributed by atoms with Gasteiger partial charge in [0.15, 0.2) is 6.10 Å². The molecule has 0 N–H and O–H groups in total. The van der Waals surface area contributed by atoms with Crippen LogP contribution in [0.15, 0.2) is 0 Å². The van der Waals surface area contributed by atoms with Crippen molar-refractivity contribution >= 4 is 5.91 Å². The van der Waals surface area contributed by atoms with E-state index in [9.17, 15) is 4.79 Å². The lowest BCUT2D eigenvalue weighted by Crippen LogP contribution is -2.43. The van der Waals surface area contributed by atoms with Gasteiger partial charge in [-0.2, -0.15) is 0 Å². The van der Waals surface area contributed by atoms with Crippen LogP contribution < -0.4 is 0 Å². The van der Waals surface area contributed by atoms with E-state index in [1.54, 1.807) is 0 Å². The number of ether oxygens (including phenoxy) is 3. The normalized spacial score (nSPS) is 35.0. The van der Waals surface area contributed by atoms with Crippen molar-refractivity contribution in [2.24, 2.45) is 0 Å². The first-order valence-electron chi connectivity index (χ1n) is 7.91. The van der Waals surface area contributed by atoms with Gasteiger partial charge in [-0.25, -0.2) is 0 Å². The molecule has 20 heavy (non-hydrogen) atoms. The van der Waals surface area contributed by atoms with Crippen molar-refractivity contribution in [2.75, 3.05) is 26.3 Å². The molecule has 0 saturated carbocycles. The molecule has 3 atom stereocenters. The molecule has 0 radical (unpaired) electrons. The molecular weight excluding hydrogens is 258 g/mol. The summed E-state index contributed by atoms with van der Waals surface area (Å²) in [5.41, 5.74) is 0. The second-order valence-corrected chi connectivity index (χ2v) is 6.11. The fourth-order valence-electron chi connectivity index (χ4n) is 3.05. The molecule has 5 nitrogen and oxygen atoms in total. The number of likely N-dealkylation sites (tertiary alicyclic amines) is 1. The summed E-state index contributed by atoms with van der Waals surface area (Å²) in [5.74, 6) is 0.159. The third-order valence-corrected chi connectivity index (χ3v) is 4.50. The van der Waals surface area contributed by atoms with Crippen molar-refractivity contribution in [1.82, 2.24) is 4.90 Å². The fraction of sp³-hybridized carbons (Fsp3) is 0.933. The van der Waals surface area contributed by atoms with Crippen LogP contribution in [-0.4, -0.2) is 61.5 Å². The highest BCUT2D eigenvalue weighted by atomic mass is 16.6. The third kappa shape index (κ3) is 3.51. The molecule has 114 valence electrons. The summed E-state index contributed by atoms with van der Waals surface area (Å²) in [6.45, 7) is 5.12. The number of hydrogen-bond acceptors (Lipinski definition) is 4. The maximum Gasteiger partial charge on any atom is 0.254 e. The van der Waals surface area contributed by atoms with Crippen LogP contribution in [0.1, 0.15) is 39.0 Å². The lowest BCUT2D eigenvalue weighted by Gasteiger charge is -2.33. The quantitative estimate of drug-likeness (QED) is 0.731. The summed E-state index contributed by atoms with van der Waals surface area (Å²) in [4.78, 5) is 13.9. The highest BCUT2D eigenvalue weighted by Gasteiger charge is 2.44. The Hall–Kier alpha value is -0.650. The summed E-state index contributed by atoms with van der Waals surface area (Å²) in [7, 11) is 0. The van der Waals surface area contributed by atoms with Gasteiger partial charge >= 0.3 is 0 Å². The number of epoxide rings is 1. The van der Waals surface area contributed by atoms with Gasteiger partial charge in [0.1, 0.15) is 0 Å². The van der Waals surface area contributed by atoms with Gasteiger partial charge in [0.05, 0.1) is 24.9 Å². The number of piperidine rings is 1. The molecule has 1 unspecified atom stereocenters. The molecule has 0 bridgehead atoms. The van der Waals surface area contributed by atoms with Gasteiger partial charge in [-0.15, -0.1) is 0 Å². The molecule has 0 aromatic rings. The Morgan fingerprint density at radius 3 is 2.60 bits per heavy atom. The topological polar surface area (TPSA) is 51.3 Å². The Kier molecular flexibility index (Phi) is 4.58. The van der Waals surface area contributed by atoms with E-state index in [1.807, 2.05) is 11.8 Å². The Balaban J connectivity index is 1.34. The van der Waals surface area contributed by atoms with Gasteiger partial charge in [-0.1, -0.05) is 0 Å². The molecule has 3 aliphatic heterocycles. The van der Waals surface area contributed by atoms with E-state index >= 15 is 0 Å². The van der Waals surface area contributed by atoms with Crippen molar-refractivity contribution in [3.63, 3.8) is 0 Å². The van der Waals surface area contributed by atoms with E-state index < -0.39 is 0 Å². The molecule has 0 aromatic heterocycles. The standard InChI is InChI=1S/C15H25NO4/c1-11-14(20-11)15(17)16-7-5-12(6-8-16)19-10-13-4-2-3-9-18-13/h11-14H,2-10H2,1H3/t11-,13?,14+/m0/s1. The molecule has 0 aromatic carbocycles. The van der Waals surface area contributed by atoms with Crippen LogP contribution in [0.4, 0.5) is 0 Å². The second-order valence-electron chi connectivity index (χ2n) is 6.11. The lowest BCUT2D eigenvalue weighted by atomic mass is 10.1. The van der Waals surface area contributed by atoms with E-state index in [1.165, 1.54) is 12.8 Å². The molecule has 0 spiro atoms. The molecule has 1 amide bonds.